The van der Waals surface area contributed by atoms with Crippen molar-refractivity contribution in [2.45, 2.75) is 26.1 Å². The highest BCUT2D eigenvalue weighted by Gasteiger charge is 2.24. The highest BCUT2D eigenvalue weighted by Crippen LogP contribution is 2.28. The van der Waals surface area contributed by atoms with Gasteiger partial charge in [-0.15, -0.1) is 0 Å². The van der Waals surface area contributed by atoms with Gasteiger partial charge in [-0.25, -0.2) is 4.98 Å². The Morgan fingerprint density at radius 3 is 2.69 bits per heavy atom. The lowest BCUT2D eigenvalue weighted by Crippen LogP contribution is -2.33. The van der Waals surface area contributed by atoms with Crippen LogP contribution in [0.15, 0.2) is 79.1 Å². The number of hydrogen-bond acceptors (Lipinski definition) is 4. The first kappa shape index (κ1) is 21.6. The van der Waals surface area contributed by atoms with Crippen LogP contribution >= 0.6 is 0 Å². The normalized spacial score (nSPS) is 15.6. The number of fused-ring (bicyclic) bond motifs is 2. The molecule has 176 valence electrons. The molecule has 0 atom stereocenters. The molecular weight excluding hydrogens is 436 g/mol. The first-order valence-electron chi connectivity index (χ1n) is 12.2. The summed E-state index contributed by atoms with van der Waals surface area (Å²) in [4.78, 5) is 25.5. The van der Waals surface area contributed by atoms with E-state index >= 15 is 0 Å². The van der Waals surface area contributed by atoms with Crippen LogP contribution in [0.2, 0.25) is 0 Å². The van der Waals surface area contributed by atoms with Gasteiger partial charge in [0.15, 0.2) is 0 Å². The van der Waals surface area contributed by atoms with Crippen LogP contribution in [-0.2, 0) is 26.1 Å². The number of aromatic nitrogens is 2. The topological polar surface area (TPSA) is 61.5 Å². The molecule has 35 heavy (non-hydrogen) atoms. The van der Waals surface area contributed by atoms with Gasteiger partial charge in [-0.1, -0.05) is 48.5 Å². The standard InChI is InChI=1S/C29H28N4O2/c34-29(26-8-4-3-7-25(26)28-30-12-13-31-28)33-15-16-35-27-10-9-21(17-24(27)20-33)18-32-14-11-22-5-1-2-6-23(22)19-32/h1-10,12-13,17H,11,14-16,18-20H2,(H,30,31). The lowest BCUT2D eigenvalue weighted by atomic mass is 9.99. The SMILES string of the molecule is O=C(c1ccccc1-c1ncc[nH]1)N1CCOc2ccc(CN3CCc4ccccc4C3)cc2C1. The number of carbonyl (C=O) groups is 1. The molecule has 0 saturated carbocycles. The van der Waals surface area contributed by atoms with Gasteiger partial charge in [-0.05, 0) is 41.3 Å². The van der Waals surface area contributed by atoms with E-state index in [1.54, 1.807) is 12.4 Å². The third-order valence-corrected chi connectivity index (χ3v) is 6.92. The number of rotatable bonds is 4. The van der Waals surface area contributed by atoms with E-state index in [2.05, 4.69) is 57.3 Å². The van der Waals surface area contributed by atoms with Crippen LogP contribution in [0.1, 0.15) is 32.6 Å². The molecule has 6 rings (SSSR count). The van der Waals surface area contributed by atoms with Gasteiger partial charge in [0, 0.05) is 49.7 Å². The van der Waals surface area contributed by atoms with Crippen molar-refractivity contribution in [2.24, 2.45) is 0 Å². The molecule has 6 nitrogen and oxygen atoms in total. The number of carbonyl (C=O) groups excluding carboxylic acids is 1. The third-order valence-electron chi connectivity index (χ3n) is 6.92. The van der Waals surface area contributed by atoms with Gasteiger partial charge in [-0.2, -0.15) is 0 Å². The van der Waals surface area contributed by atoms with Gasteiger partial charge >= 0.3 is 0 Å². The Morgan fingerprint density at radius 1 is 0.943 bits per heavy atom. The number of nitrogens with zero attached hydrogens (tertiary/aromatic N) is 3. The predicted molar refractivity (Wildman–Crippen MR) is 135 cm³/mol. The van der Waals surface area contributed by atoms with Gasteiger partial charge in [0.05, 0.1) is 12.1 Å². The number of hydrogen-bond donors (Lipinski definition) is 1. The maximum atomic E-state index is 13.6. The van der Waals surface area contributed by atoms with Gasteiger partial charge in [0.1, 0.15) is 18.2 Å². The molecule has 3 aromatic carbocycles. The summed E-state index contributed by atoms with van der Waals surface area (Å²) in [5.41, 5.74) is 6.64. The van der Waals surface area contributed by atoms with Gasteiger partial charge in [0.25, 0.3) is 5.91 Å². The van der Waals surface area contributed by atoms with E-state index in [-0.39, 0.29) is 5.91 Å². The number of ether oxygens (including phenoxy) is 1. The fourth-order valence-corrected chi connectivity index (χ4v) is 5.13. The minimum Gasteiger partial charge on any atom is -0.491 e. The Bertz CT molecular complexity index is 1350. The Labute approximate surface area is 205 Å². The van der Waals surface area contributed by atoms with Gasteiger partial charge < -0.3 is 14.6 Å². The lowest BCUT2D eigenvalue weighted by Gasteiger charge is -2.29. The van der Waals surface area contributed by atoms with Crippen molar-refractivity contribution in [1.29, 1.82) is 0 Å². The highest BCUT2D eigenvalue weighted by atomic mass is 16.5. The van der Waals surface area contributed by atoms with Crippen molar-refractivity contribution >= 4 is 5.91 Å². The zero-order valence-electron chi connectivity index (χ0n) is 19.6. The summed E-state index contributed by atoms with van der Waals surface area (Å²) in [5.74, 6) is 1.56. The van der Waals surface area contributed by atoms with Crippen LogP contribution < -0.4 is 4.74 Å². The number of amides is 1. The first-order chi connectivity index (χ1) is 17.2. The number of nitrogens with one attached hydrogen (secondary N) is 1. The molecule has 0 radical (unpaired) electrons. The smallest absolute Gasteiger partial charge is 0.255 e. The van der Waals surface area contributed by atoms with Crippen LogP contribution in [0.3, 0.4) is 0 Å². The van der Waals surface area contributed by atoms with Crippen LogP contribution in [0.25, 0.3) is 11.4 Å². The summed E-state index contributed by atoms with van der Waals surface area (Å²) >= 11 is 0. The fourth-order valence-electron chi connectivity index (χ4n) is 5.13. The third kappa shape index (κ3) is 4.45. The van der Waals surface area contributed by atoms with Crippen molar-refractivity contribution in [1.82, 2.24) is 19.8 Å². The maximum absolute atomic E-state index is 13.6. The lowest BCUT2D eigenvalue weighted by molar-refractivity contribution is 0.0734. The molecule has 0 unspecified atom stereocenters. The zero-order valence-corrected chi connectivity index (χ0v) is 19.6. The maximum Gasteiger partial charge on any atom is 0.255 e. The molecular formula is C29H28N4O2. The van der Waals surface area contributed by atoms with Crippen LogP contribution in [-0.4, -0.2) is 45.4 Å². The van der Waals surface area contributed by atoms with Gasteiger partial charge in [0.2, 0.25) is 0 Å². The van der Waals surface area contributed by atoms with Crippen LogP contribution in [0, 0.1) is 0 Å². The van der Waals surface area contributed by atoms with E-state index in [0.29, 0.717) is 31.1 Å². The Hall–Kier alpha value is -3.90. The molecule has 1 amide bonds. The number of H-pyrrole nitrogens is 1. The van der Waals surface area contributed by atoms with Gasteiger partial charge in [-0.3, -0.25) is 9.69 Å². The average molecular weight is 465 g/mol. The van der Waals surface area contributed by atoms with Crippen LogP contribution in [0.4, 0.5) is 0 Å². The largest absolute Gasteiger partial charge is 0.491 e. The predicted octanol–water partition coefficient (Wildman–Crippen LogP) is 4.67. The number of benzene rings is 3. The van der Waals surface area contributed by atoms with E-state index in [4.69, 9.17) is 4.74 Å². The van der Waals surface area contributed by atoms with Crippen molar-refractivity contribution in [3.63, 3.8) is 0 Å². The summed E-state index contributed by atoms with van der Waals surface area (Å²) in [6.07, 6.45) is 4.56. The molecule has 0 spiro atoms. The minimum absolute atomic E-state index is 0.00788. The second kappa shape index (κ2) is 9.39. The molecule has 0 aliphatic carbocycles. The Balaban J connectivity index is 1.22. The Kier molecular flexibility index (Phi) is 5.80. The summed E-state index contributed by atoms with van der Waals surface area (Å²) < 4.78 is 6.03. The van der Waals surface area contributed by atoms with E-state index in [1.807, 2.05) is 29.2 Å². The molecule has 1 aromatic heterocycles. The average Bonchev–Trinajstić information content (AvgIpc) is 3.35. The second-order valence-electron chi connectivity index (χ2n) is 9.23. The Morgan fingerprint density at radius 2 is 1.80 bits per heavy atom. The van der Waals surface area contributed by atoms with Crippen molar-refractivity contribution in [3.8, 4) is 17.1 Å². The first-order valence-corrected chi connectivity index (χ1v) is 12.2. The molecule has 0 saturated heterocycles. The molecule has 4 aromatic rings. The van der Waals surface area contributed by atoms with E-state index in [1.165, 1.54) is 16.7 Å². The summed E-state index contributed by atoms with van der Waals surface area (Å²) in [6, 6.07) is 22.8. The van der Waals surface area contributed by atoms with Crippen LogP contribution in [0.5, 0.6) is 5.75 Å². The molecule has 0 bridgehead atoms. The molecule has 2 aliphatic rings. The fraction of sp³-hybridized carbons (Fsp3) is 0.241. The van der Waals surface area contributed by atoms with E-state index in [9.17, 15) is 4.79 Å². The van der Waals surface area contributed by atoms with Crippen molar-refractivity contribution in [3.05, 3.63) is 107 Å². The second-order valence-corrected chi connectivity index (χ2v) is 9.23. The zero-order chi connectivity index (χ0) is 23.6. The monoisotopic (exact) mass is 464 g/mol. The quantitative estimate of drug-likeness (QED) is 0.477. The van der Waals surface area contributed by atoms with E-state index < -0.39 is 0 Å². The van der Waals surface area contributed by atoms with Crippen molar-refractivity contribution < 1.29 is 9.53 Å². The van der Waals surface area contributed by atoms with Crippen molar-refractivity contribution in [2.75, 3.05) is 19.7 Å². The summed E-state index contributed by atoms with van der Waals surface area (Å²) in [7, 11) is 0. The summed E-state index contributed by atoms with van der Waals surface area (Å²) in [6.45, 7) is 4.45. The molecule has 3 heterocycles. The highest BCUT2D eigenvalue weighted by molar-refractivity contribution is 6.00. The molecule has 6 heteroatoms. The summed E-state index contributed by atoms with van der Waals surface area (Å²) in [5, 5.41) is 0. The molecule has 1 N–H and O–H groups in total. The number of aromatic amines is 1. The minimum atomic E-state index is -0.00788. The molecule has 0 fully saturated rings. The number of imidazole rings is 1. The molecule has 2 aliphatic heterocycles. The van der Waals surface area contributed by atoms with E-state index in [0.717, 1.165) is 42.9 Å².